The van der Waals surface area contributed by atoms with Gasteiger partial charge in [-0.25, -0.2) is 9.37 Å². The van der Waals surface area contributed by atoms with Gasteiger partial charge in [0.1, 0.15) is 17.5 Å². The highest BCUT2D eigenvalue weighted by atomic mass is 19.1. The number of nitrogens with zero attached hydrogens (tertiary/aromatic N) is 3. The van der Waals surface area contributed by atoms with Crippen molar-refractivity contribution < 1.29 is 9.18 Å². The summed E-state index contributed by atoms with van der Waals surface area (Å²) in [5.41, 5.74) is 15.4. The molecule has 8 nitrogen and oxygen atoms in total. The quantitative estimate of drug-likeness (QED) is 0.233. The zero-order valence-electron chi connectivity index (χ0n) is 18.9. The number of amidine groups is 1. The molecule has 0 saturated carbocycles. The van der Waals surface area contributed by atoms with E-state index in [1.54, 1.807) is 36.5 Å². The summed E-state index contributed by atoms with van der Waals surface area (Å²) in [5, 5.41) is 5.81. The molecule has 6 N–H and O–H groups in total. The lowest BCUT2D eigenvalue weighted by atomic mass is 10.1. The van der Waals surface area contributed by atoms with E-state index in [9.17, 15) is 9.18 Å². The smallest absolute Gasteiger partial charge is 0.254 e. The van der Waals surface area contributed by atoms with Gasteiger partial charge in [0, 0.05) is 36.8 Å². The number of halogens is 1. The average Bonchev–Trinajstić information content (AvgIpc) is 2.84. The number of pyridine rings is 2. The third kappa shape index (κ3) is 6.49. The maximum atomic E-state index is 13.1. The first-order chi connectivity index (χ1) is 16.4. The fourth-order valence-electron chi connectivity index (χ4n) is 3.07. The number of likely N-dealkylation sites (N-methyl/N-ethyl adjacent to an activating group) is 1. The highest BCUT2D eigenvalue weighted by molar-refractivity contribution is 6.18. The van der Waals surface area contributed by atoms with Crippen molar-refractivity contribution in [2.45, 2.75) is 13.5 Å². The molecule has 0 saturated heterocycles. The van der Waals surface area contributed by atoms with Crippen LogP contribution in [0, 0.1) is 12.7 Å². The van der Waals surface area contributed by atoms with Gasteiger partial charge in [-0.05, 0) is 48.9 Å². The van der Waals surface area contributed by atoms with Gasteiger partial charge < -0.3 is 22.1 Å². The van der Waals surface area contributed by atoms with Crippen LogP contribution in [-0.4, -0.2) is 28.8 Å². The number of aliphatic imine (C=N–C) groups is 1. The molecule has 1 amide bonds. The van der Waals surface area contributed by atoms with Crippen LogP contribution in [0.25, 0.3) is 11.3 Å². The lowest BCUT2D eigenvalue weighted by Gasteiger charge is -2.13. The molecule has 1 aromatic carbocycles. The molecule has 34 heavy (non-hydrogen) atoms. The van der Waals surface area contributed by atoms with E-state index in [-0.39, 0.29) is 29.7 Å². The van der Waals surface area contributed by atoms with Crippen molar-refractivity contribution >= 4 is 28.8 Å². The molecule has 2 aromatic heterocycles. The van der Waals surface area contributed by atoms with Crippen molar-refractivity contribution in [3.63, 3.8) is 0 Å². The van der Waals surface area contributed by atoms with Crippen molar-refractivity contribution in [3.8, 4) is 0 Å². The zero-order chi connectivity index (χ0) is 24.5. The van der Waals surface area contributed by atoms with Crippen molar-refractivity contribution in [1.29, 1.82) is 0 Å². The number of aromatic nitrogens is 2. The van der Waals surface area contributed by atoms with Gasteiger partial charge in [0.15, 0.2) is 0 Å². The van der Waals surface area contributed by atoms with E-state index in [1.807, 2.05) is 25.1 Å². The molecule has 3 rings (SSSR count). The molecule has 0 fully saturated rings. The van der Waals surface area contributed by atoms with Crippen LogP contribution in [0.1, 0.15) is 22.5 Å². The maximum absolute atomic E-state index is 13.1. The van der Waals surface area contributed by atoms with Crippen LogP contribution >= 0.6 is 0 Å². The van der Waals surface area contributed by atoms with Gasteiger partial charge in [-0.15, -0.1) is 0 Å². The molecule has 3 aromatic rings. The first kappa shape index (κ1) is 24.1. The Morgan fingerprint density at radius 3 is 2.62 bits per heavy atom. The Balaban J connectivity index is 1.98. The van der Waals surface area contributed by atoms with Crippen LogP contribution in [0.5, 0.6) is 0 Å². The van der Waals surface area contributed by atoms with Crippen molar-refractivity contribution in [3.05, 3.63) is 101 Å². The lowest BCUT2D eigenvalue weighted by Crippen LogP contribution is -2.20. The third-order valence-corrected chi connectivity index (χ3v) is 4.79. The Morgan fingerprint density at radius 2 is 1.94 bits per heavy atom. The van der Waals surface area contributed by atoms with E-state index < -0.39 is 0 Å². The van der Waals surface area contributed by atoms with Gasteiger partial charge in [-0.3, -0.25) is 14.8 Å². The van der Waals surface area contributed by atoms with Gasteiger partial charge in [-0.2, -0.15) is 0 Å². The second-order valence-corrected chi connectivity index (χ2v) is 7.30. The summed E-state index contributed by atoms with van der Waals surface area (Å²) in [7, 11) is 1.52. The molecular formula is C25H26FN7O. The molecule has 9 heteroatoms. The van der Waals surface area contributed by atoms with E-state index in [2.05, 4.69) is 25.6 Å². The summed E-state index contributed by atoms with van der Waals surface area (Å²) >= 11 is 0. The predicted molar refractivity (Wildman–Crippen MR) is 133 cm³/mol. The zero-order valence-corrected chi connectivity index (χ0v) is 18.9. The Hall–Kier alpha value is -4.53. The molecule has 0 radical (unpaired) electrons. The van der Waals surface area contributed by atoms with Crippen LogP contribution < -0.4 is 22.1 Å². The van der Waals surface area contributed by atoms with Gasteiger partial charge in [0.05, 0.1) is 23.5 Å². The number of anilines is 1. The minimum Gasteiger partial charge on any atom is -0.404 e. The van der Waals surface area contributed by atoms with Crippen LogP contribution in [0.3, 0.4) is 0 Å². The minimum atomic E-state index is -0.355. The number of carbonyl (C=O) groups excluding carboxylic acids is 1. The lowest BCUT2D eigenvalue weighted by molar-refractivity contribution is -0.115. The second-order valence-electron chi connectivity index (χ2n) is 7.30. The van der Waals surface area contributed by atoms with Gasteiger partial charge in [0.25, 0.3) is 5.91 Å². The standard InChI is InChI=1S/C25H26FN7O/c1-16-4-3-5-24(32-16)33-21(13-23(28)31-15-17-6-8-19(26)9-7-17)18-10-11-30-22(12-18)20(14-27)25(34)29-2/h3-14H,15,27H2,1-2H3,(H2,28,31)(H,29,34)(H,32,33)/b20-14?,21-13-. The topological polar surface area (TPSA) is 131 Å². The molecule has 0 aliphatic carbocycles. The fourth-order valence-corrected chi connectivity index (χ4v) is 3.07. The third-order valence-electron chi connectivity index (χ3n) is 4.79. The number of nitrogens with one attached hydrogen (secondary N) is 2. The van der Waals surface area contributed by atoms with E-state index in [1.165, 1.54) is 25.4 Å². The first-order valence-electron chi connectivity index (χ1n) is 10.5. The fraction of sp³-hybridized carbons (Fsp3) is 0.120. The van der Waals surface area contributed by atoms with Crippen LogP contribution in [0.15, 0.2) is 78.1 Å². The molecule has 0 bridgehead atoms. The Kier molecular flexibility index (Phi) is 8.07. The van der Waals surface area contributed by atoms with Crippen molar-refractivity contribution in [2.24, 2.45) is 16.5 Å². The highest BCUT2D eigenvalue weighted by Crippen LogP contribution is 2.21. The summed E-state index contributed by atoms with van der Waals surface area (Å²) in [6.07, 6.45) is 4.45. The average molecular weight is 460 g/mol. The monoisotopic (exact) mass is 459 g/mol. The largest absolute Gasteiger partial charge is 0.404 e. The first-order valence-corrected chi connectivity index (χ1v) is 10.5. The SMILES string of the molecule is CNC(=O)C(=CN)c1cc(/C(=C/C(N)=NCc2ccc(F)cc2)Nc2cccc(C)n2)ccn1. The predicted octanol–water partition coefficient (Wildman–Crippen LogP) is 2.98. The van der Waals surface area contributed by atoms with E-state index >= 15 is 0 Å². The molecule has 174 valence electrons. The van der Waals surface area contributed by atoms with Gasteiger partial charge in [-0.1, -0.05) is 18.2 Å². The van der Waals surface area contributed by atoms with Gasteiger partial charge >= 0.3 is 0 Å². The van der Waals surface area contributed by atoms with E-state index in [0.717, 1.165) is 11.3 Å². The molecule has 0 atom stereocenters. The number of hydrogen-bond donors (Lipinski definition) is 4. The molecular weight excluding hydrogens is 433 g/mol. The van der Waals surface area contributed by atoms with Crippen LogP contribution in [0.2, 0.25) is 0 Å². The number of hydrogen-bond acceptors (Lipinski definition) is 6. The van der Waals surface area contributed by atoms with Crippen LogP contribution in [0.4, 0.5) is 10.2 Å². The van der Waals surface area contributed by atoms with Crippen molar-refractivity contribution in [1.82, 2.24) is 15.3 Å². The summed E-state index contributed by atoms with van der Waals surface area (Å²) < 4.78 is 13.1. The Labute approximate surface area is 197 Å². The number of aryl methyl sites for hydroxylation is 1. The van der Waals surface area contributed by atoms with E-state index in [0.29, 0.717) is 22.8 Å². The molecule has 0 aliphatic rings. The Morgan fingerprint density at radius 1 is 1.18 bits per heavy atom. The van der Waals surface area contributed by atoms with Gasteiger partial charge in [0.2, 0.25) is 0 Å². The number of carbonyl (C=O) groups is 1. The number of amides is 1. The summed E-state index contributed by atoms with van der Waals surface area (Å²) in [4.78, 5) is 25.3. The second kappa shape index (κ2) is 11.4. The normalized spacial score (nSPS) is 12.4. The summed E-state index contributed by atoms with van der Waals surface area (Å²) in [6, 6.07) is 15.1. The molecule has 0 aliphatic heterocycles. The molecule has 2 heterocycles. The molecule has 0 spiro atoms. The highest BCUT2D eigenvalue weighted by Gasteiger charge is 2.14. The Bertz CT molecular complexity index is 1250. The molecule has 0 unspecified atom stereocenters. The van der Waals surface area contributed by atoms with Crippen molar-refractivity contribution in [2.75, 3.05) is 12.4 Å². The summed E-state index contributed by atoms with van der Waals surface area (Å²) in [6.45, 7) is 2.18. The minimum absolute atomic E-state index is 0.232. The number of nitrogens with two attached hydrogens (primary N) is 2. The number of rotatable bonds is 8. The number of benzene rings is 1. The van der Waals surface area contributed by atoms with Crippen LogP contribution in [-0.2, 0) is 11.3 Å². The van der Waals surface area contributed by atoms with E-state index in [4.69, 9.17) is 11.5 Å². The summed E-state index contributed by atoms with van der Waals surface area (Å²) in [5.74, 6) is 0.191. The maximum Gasteiger partial charge on any atom is 0.254 e.